The number of ether oxygens (including phenoxy) is 1. The number of amides is 1. The van der Waals surface area contributed by atoms with Crippen molar-refractivity contribution in [1.82, 2.24) is 4.72 Å². The Morgan fingerprint density at radius 2 is 1.69 bits per heavy atom. The Morgan fingerprint density at radius 3 is 2.34 bits per heavy atom. The fourth-order valence-electron chi connectivity index (χ4n) is 2.85. The molecule has 3 aromatic rings. The highest BCUT2D eigenvalue weighted by Gasteiger charge is 2.37. The first-order chi connectivity index (χ1) is 15.0. The van der Waals surface area contributed by atoms with Crippen LogP contribution < -0.4 is 9.46 Å². The van der Waals surface area contributed by atoms with E-state index in [2.05, 4.69) is 0 Å². The normalized spacial score (nSPS) is 11.8. The largest absolute Gasteiger partial charge is 0.488 e. The van der Waals surface area contributed by atoms with Gasteiger partial charge < -0.3 is 4.74 Å². The second-order valence-electron chi connectivity index (χ2n) is 6.84. The second kappa shape index (κ2) is 9.22. The lowest BCUT2D eigenvalue weighted by atomic mass is 10.1. The van der Waals surface area contributed by atoms with Crippen molar-refractivity contribution in [2.75, 3.05) is 0 Å². The summed E-state index contributed by atoms with van der Waals surface area (Å²) in [6.45, 7) is 1.80. The Labute approximate surface area is 187 Å². The molecule has 0 heterocycles. The molecule has 168 valence electrons. The molecule has 0 aliphatic rings. The van der Waals surface area contributed by atoms with E-state index >= 15 is 0 Å². The number of carbonyl (C=O) groups is 1. The fourth-order valence-corrected chi connectivity index (χ4v) is 4.17. The molecule has 32 heavy (non-hydrogen) atoms. The Bertz CT molecular complexity index is 1240. The monoisotopic (exact) mass is 483 g/mol. The summed E-state index contributed by atoms with van der Waals surface area (Å²) in [5.74, 6) is -1.04. The van der Waals surface area contributed by atoms with Gasteiger partial charge in [0.25, 0.3) is 15.9 Å². The first kappa shape index (κ1) is 23.6. The number of hydrogen-bond acceptors (Lipinski definition) is 4. The lowest BCUT2D eigenvalue weighted by Gasteiger charge is -2.15. The number of hydrogen-bond donors (Lipinski definition) is 1. The van der Waals surface area contributed by atoms with Gasteiger partial charge in [-0.15, -0.1) is 0 Å². The van der Waals surface area contributed by atoms with Crippen molar-refractivity contribution in [3.8, 4) is 5.75 Å². The van der Waals surface area contributed by atoms with Crippen LogP contribution in [0, 0.1) is 6.92 Å². The van der Waals surface area contributed by atoms with Gasteiger partial charge in [0.15, 0.2) is 0 Å². The summed E-state index contributed by atoms with van der Waals surface area (Å²) >= 11 is 5.85. The molecule has 3 rings (SSSR count). The van der Waals surface area contributed by atoms with E-state index in [1.165, 1.54) is 12.1 Å². The van der Waals surface area contributed by atoms with Gasteiger partial charge in [0.1, 0.15) is 12.4 Å². The lowest BCUT2D eigenvalue weighted by molar-refractivity contribution is -0.139. The number of alkyl halides is 3. The van der Waals surface area contributed by atoms with Crippen molar-refractivity contribution in [3.05, 3.63) is 94.0 Å². The highest BCUT2D eigenvalue weighted by Crippen LogP contribution is 2.34. The van der Waals surface area contributed by atoms with Crippen molar-refractivity contribution in [2.24, 2.45) is 0 Å². The van der Waals surface area contributed by atoms with Crippen LogP contribution in [0.5, 0.6) is 5.75 Å². The highest BCUT2D eigenvalue weighted by atomic mass is 35.5. The zero-order valence-corrected chi connectivity index (χ0v) is 18.2. The molecule has 0 aliphatic carbocycles. The Kier molecular flexibility index (Phi) is 6.80. The molecule has 0 spiro atoms. The maximum atomic E-state index is 13.2. The number of sulfonamides is 1. The van der Waals surface area contributed by atoms with Crippen LogP contribution in [0.1, 0.15) is 27.0 Å². The number of nitrogens with one attached hydrogen (secondary N) is 1. The van der Waals surface area contributed by atoms with Crippen molar-refractivity contribution >= 4 is 27.5 Å². The molecule has 0 saturated heterocycles. The summed E-state index contributed by atoms with van der Waals surface area (Å²) in [6, 6.07) is 14.8. The van der Waals surface area contributed by atoms with E-state index < -0.39 is 32.6 Å². The summed E-state index contributed by atoms with van der Waals surface area (Å²) in [7, 11) is -4.81. The molecule has 1 N–H and O–H groups in total. The third kappa shape index (κ3) is 5.60. The van der Waals surface area contributed by atoms with Gasteiger partial charge in [0.2, 0.25) is 0 Å². The van der Waals surface area contributed by atoms with Crippen molar-refractivity contribution in [2.45, 2.75) is 24.6 Å². The number of halogens is 4. The van der Waals surface area contributed by atoms with Gasteiger partial charge in [0.05, 0.1) is 16.0 Å². The summed E-state index contributed by atoms with van der Waals surface area (Å²) in [5, 5.41) is 0.536. The number of aryl methyl sites for hydroxylation is 1. The molecule has 10 heteroatoms. The molecule has 0 bridgehead atoms. The molecule has 0 aromatic heterocycles. The lowest BCUT2D eigenvalue weighted by Crippen LogP contribution is -2.32. The minimum Gasteiger partial charge on any atom is -0.488 e. The first-order valence-electron chi connectivity index (χ1n) is 9.18. The van der Waals surface area contributed by atoms with Crippen LogP contribution in [-0.4, -0.2) is 14.3 Å². The van der Waals surface area contributed by atoms with Gasteiger partial charge in [-0.2, -0.15) is 13.2 Å². The fraction of sp³-hybridized carbons (Fsp3) is 0.136. The van der Waals surface area contributed by atoms with Gasteiger partial charge in [-0.25, -0.2) is 13.1 Å². The Morgan fingerprint density at radius 1 is 1.03 bits per heavy atom. The SMILES string of the molecule is Cc1ccc(C(=O)NS(=O)(=O)c2ccccc2C(F)(F)F)c(OCc2ccc(Cl)cc2)c1. The van der Waals surface area contributed by atoms with Gasteiger partial charge in [0, 0.05) is 5.02 Å². The summed E-state index contributed by atoms with van der Waals surface area (Å²) in [6.07, 6.45) is -4.91. The molecular formula is C22H17ClF3NO4S. The highest BCUT2D eigenvalue weighted by molar-refractivity contribution is 7.90. The average Bonchev–Trinajstić information content (AvgIpc) is 2.72. The van der Waals surface area contributed by atoms with E-state index in [1.807, 2.05) is 0 Å². The minimum absolute atomic E-state index is 0.0601. The van der Waals surface area contributed by atoms with Crippen LogP contribution in [0.3, 0.4) is 0 Å². The molecule has 5 nitrogen and oxygen atoms in total. The quantitative estimate of drug-likeness (QED) is 0.512. The van der Waals surface area contributed by atoms with Crippen LogP contribution in [-0.2, 0) is 22.8 Å². The van der Waals surface area contributed by atoms with Gasteiger partial charge in [-0.1, -0.05) is 41.9 Å². The molecule has 0 radical (unpaired) electrons. The van der Waals surface area contributed by atoms with Crippen LogP contribution in [0.25, 0.3) is 0 Å². The Hall–Kier alpha value is -3.04. The predicted octanol–water partition coefficient (Wildman–Crippen LogP) is 5.36. The number of carbonyl (C=O) groups excluding carboxylic acids is 1. The van der Waals surface area contributed by atoms with Crippen molar-refractivity contribution in [3.63, 3.8) is 0 Å². The van der Waals surface area contributed by atoms with E-state index in [9.17, 15) is 26.4 Å². The smallest absolute Gasteiger partial charge is 0.417 e. The van der Waals surface area contributed by atoms with Gasteiger partial charge in [-0.05, 0) is 54.4 Å². The number of benzene rings is 3. The molecular weight excluding hydrogens is 467 g/mol. The number of rotatable bonds is 6. The van der Waals surface area contributed by atoms with E-state index in [-0.39, 0.29) is 17.9 Å². The van der Waals surface area contributed by atoms with E-state index in [1.54, 1.807) is 42.0 Å². The molecule has 0 fully saturated rings. The predicted molar refractivity (Wildman–Crippen MR) is 113 cm³/mol. The second-order valence-corrected chi connectivity index (χ2v) is 8.93. The molecule has 3 aromatic carbocycles. The van der Waals surface area contributed by atoms with Crippen LogP contribution >= 0.6 is 11.6 Å². The van der Waals surface area contributed by atoms with E-state index in [0.717, 1.165) is 29.3 Å². The third-order valence-electron chi connectivity index (χ3n) is 4.40. The molecule has 1 amide bonds. The van der Waals surface area contributed by atoms with Crippen molar-refractivity contribution < 1.29 is 31.1 Å². The minimum atomic E-state index is -4.91. The zero-order valence-electron chi connectivity index (χ0n) is 16.6. The molecule has 0 aliphatic heterocycles. The van der Waals surface area contributed by atoms with Crippen LogP contribution in [0.4, 0.5) is 13.2 Å². The molecule has 0 unspecified atom stereocenters. The van der Waals surface area contributed by atoms with Crippen LogP contribution in [0.15, 0.2) is 71.6 Å². The summed E-state index contributed by atoms with van der Waals surface area (Å²) in [5.41, 5.74) is -0.0343. The van der Waals surface area contributed by atoms with E-state index in [0.29, 0.717) is 11.1 Å². The summed E-state index contributed by atoms with van der Waals surface area (Å²) in [4.78, 5) is 11.7. The van der Waals surface area contributed by atoms with Gasteiger partial charge in [-0.3, -0.25) is 4.79 Å². The first-order valence-corrected chi connectivity index (χ1v) is 11.0. The third-order valence-corrected chi connectivity index (χ3v) is 6.04. The topological polar surface area (TPSA) is 72.5 Å². The Balaban J connectivity index is 1.87. The standard InChI is InChI=1S/C22H17ClF3NO4S/c1-14-6-11-17(19(12-14)31-13-15-7-9-16(23)10-8-15)21(28)27-32(29,30)20-5-3-2-4-18(20)22(24,25)26/h2-12H,13H2,1H3,(H,27,28). The maximum absolute atomic E-state index is 13.2. The van der Waals surface area contributed by atoms with Crippen LogP contribution in [0.2, 0.25) is 5.02 Å². The molecule has 0 atom stereocenters. The summed E-state index contributed by atoms with van der Waals surface area (Å²) < 4.78 is 72.2. The molecule has 0 saturated carbocycles. The average molecular weight is 484 g/mol. The van der Waals surface area contributed by atoms with E-state index in [4.69, 9.17) is 16.3 Å². The maximum Gasteiger partial charge on any atom is 0.417 e. The van der Waals surface area contributed by atoms with Gasteiger partial charge >= 0.3 is 6.18 Å². The zero-order chi connectivity index (χ0) is 23.5. The van der Waals surface area contributed by atoms with Crippen molar-refractivity contribution in [1.29, 1.82) is 0 Å².